The Hall–Kier alpha value is -2.10. The highest BCUT2D eigenvalue weighted by atomic mass is 79.9. The lowest BCUT2D eigenvalue weighted by atomic mass is 9.97. The van der Waals surface area contributed by atoms with Crippen LogP contribution in [0.3, 0.4) is 0 Å². The Morgan fingerprint density at radius 2 is 1.84 bits per heavy atom. The van der Waals surface area contributed by atoms with Gasteiger partial charge in [-0.3, -0.25) is 4.79 Å². The number of benzene rings is 2. The fourth-order valence-electron chi connectivity index (χ4n) is 4.62. The van der Waals surface area contributed by atoms with Crippen LogP contribution in [0.4, 0.5) is 5.69 Å². The molecule has 2 aromatic rings. The second-order valence-electron chi connectivity index (χ2n) is 8.25. The molecule has 1 fully saturated rings. The number of nitrogens with zero attached hydrogens (tertiary/aromatic N) is 2. The second-order valence-corrected chi connectivity index (χ2v) is 11.1. The first-order valence-electron chi connectivity index (χ1n) is 10.6. The van der Waals surface area contributed by atoms with Crippen molar-refractivity contribution in [3.63, 3.8) is 0 Å². The largest absolute Gasteiger partial charge is 0.493 e. The summed E-state index contributed by atoms with van der Waals surface area (Å²) in [5.74, 6) is 0.430. The average molecular weight is 523 g/mol. The van der Waals surface area contributed by atoms with Gasteiger partial charge in [0.05, 0.1) is 25.0 Å². The number of halogens is 1. The lowest BCUT2D eigenvalue weighted by Crippen LogP contribution is -2.48. The molecule has 0 aliphatic carbocycles. The van der Waals surface area contributed by atoms with Gasteiger partial charge >= 0.3 is 0 Å². The summed E-state index contributed by atoms with van der Waals surface area (Å²) in [5, 5.41) is 0. The monoisotopic (exact) mass is 522 g/mol. The molecule has 1 amide bonds. The Kier molecular flexibility index (Phi) is 6.51. The van der Waals surface area contributed by atoms with Crippen LogP contribution in [0.1, 0.15) is 25.3 Å². The van der Waals surface area contributed by atoms with Crippen LogP contribution in [0.5, 0.6) is 11.5 Å². The maximum atomic E-state index is 13.5. The number of hydrogen-bond acceptors (Lipinski definition) is 5. The van der Waals surface area contributed by atoms with E-state index in [2.05, 4.69) is 15.9 Å². The van der Waals surface area contributed by atoms with Gasteiger partial charge in [0.25, 0.3) is 0 Å². The molecule has 32 heavy (non-hydrogen) atoms. The number of hydrogen-bond donors (Lipinski definition) is 0. The van der Waals surface area contributed by atoms with Crippen molar-refractivity contribution in [3.8, 4) is 11.5 Å². The first-order valence-corrected chi connectivity index (χ1v) is 12.8. The quantitative estimate of drug-likeness (QED) is 0.596. The zero-order chi connectivity index (χ0) is 23.0. The van der Waals surface area contributed by atoms with E-state index in [1.54, 1.807) is 6.07 Å². The number of ether oxygens (including phenoxy) is 2. The van der Waals surface area contributed by atoms with Gasteiger partial charge in [-0.05, 0) is 62.1 Å². The van der Waals surface area contributed by atoms with Crippen molar-refractivity contribution in [2.24, 2.45) is 5.92 Å². The van der Waals surface area contributed by atoms with Gasteiger partial charge in [-0.1, -0.05) is 15.9 Å². The molecular weight excluding hydrogens is 496 g/mol. The SMILES string of the molecule is COc1ccc(S(=O)(=O)N2CCC[C@H](C(=O)N3c4ccc(Br)cc4C[C@H]3C)C2)cc1OC. The fourth-order valence-corrected chi connectivity index (χ4v) is 6.57. The highest BCUT2D eigenvalue weighted by Gasteiger charge is 2.39. The number of carbonyl (C=O) groups excluding carboxylic acids is 1. The van der Waals surface area contributed by atoms with Gasteiger partial charge < -0.3 is 14.4 Å². The highest BCUT2D eigenvalue weighted by molar-refractivity contribution is 9.10. The molecule has 0 saturated carbocycles. The van der Waals surface area contributed by atoms with Crippen LogP contribution in [0, 0.1) is 5.92 Å². The van der Waals surface area contributed by atoms with E-state index < -0.39 is 10.0 Å². The van der Waals surface area contributed by atoms with E-state index in [1.165, 1.54) is 30.7 Å². The lowest BCUT2D eigenvalue weighted by Gasteiger charge is -2.34. The molecule has 2 aromatic carbocycles. The molecule has 0 spiro atoms. The van der Waals surface area contributed by atoms with Gasteiger partial charge in [0, 0.05) is 35.4 Å². The van der Waals surface area contributed by atoms with E-state index in [1.807, 2.05) is 30.0 Å². The Morgan fingerprint density at radius 1 is 1.09 bits per heavy atom. The van der Waals surface area contributed by atoms with Crippen molar-refractivity contribution in [2.75, 3.05) is 32.2 Å². The predicted octanol–water partition coefficient (Wildman–Crippen LogP) is 3.84. The number of methoxy groups -OCH3 is 2. The third-order valence-corrected chi connectivity index (χ3v) is 8.58. The summed E-state index contributed by atoms with van der Waals surface area (Å²) in [6.07, 6.45) is 2.10. The number of anilines is 1. The summed E-state index contributed by atoms with van der Waals surface area (Å²) in [6.45, 7) is 2.59. The molecule has 1 saturated heterocycles. The highest BCUT2D eigenvalue weighted by Crippen LogP contribution is 2.37. The minimum absolute atomic E-state index is 0.00853. The van der Waals surface area contributed by atoms with Gasteiger partial charge in [-0.2, -0.15) is 4.31 Å². The summed E-state index contributed by atoms with van der Waals surface area (Å²) in [5.41, 5.74) is 2.05. The minimum Gasteiger partial charge on any atom is -0.493 e. The van der Waals surface area contributed by atoms with Crippen molar-refractivity contribution in [2.45, 2.75) is 37.1 Å². The minimum atomic E-state index is -3.77. The third-order valence-electron chi connectivity index (χ3n) is 6.22. The normalized spacial score (nSPS) is 21.3. The molecule has 0 radical (unpaired) electrons. The Morgan fingerprint density at radius 3 is 2.56 bits per heavy atom. The molecule has 7 nitrogen and oxygen atoms in total. The molecule has 2 heterocycles. The van der Waals surface area contributed by atoms with Gasteiger partial charge in [0.2, 0.25) is 15.9 Å². The van der Waals surface area contributed by atoms with Gasteiger partial charge in [-0.15, -0.1) is 0 Å². The van der Waals surface area contributed by atoms with Gasteiger partial charge in [0.15, 0.2) is 11.5 Å². The molecule has 2 atom stereocenters. The number of amides is 1. The van der Waals surface area contributed by atoms with Crippen molar-refractivity contribution in [3.05, 3.63) is 46.4 Å². The van der Waals surface area contributed by atoms with Crippen LogP contribution < -0.4 is 14.4 Å². The average Bonchev–Trinajstić information content (AvgIpc) is 3.12. The number of piperidine rings is 1. The molecular formula is C23H27BrN2O5S. The lowest BCUT2D eigenvalue weighted by molar-refractivity contribution is -0.123. The van der Waals surface area contributed by atoms with Crippen molar-refractivity contribution < 1.29 is 22.7 Å². The van der Waals surface area contributed by atoms with E-state index in [-0.39, 0.29) is 29.3 Å². The number of sulfonamides is 1. The first-order chi connectivity index (χ1) is 15.3. The smallest absolute Gasteiger partial charge is 0.243 e. The van der Waals surface area contributed by atoms with Crippen LogP contribution in [0.15, 0.2) is 45.8 Å². The van der Waals surface area contributed by atoms with Crippen molar-refractivity contribution >= 4 is 37.5 Å². The zero-order valence-electron chi connectivity index (χ0n) is 18.4. The van der Waals surface area contributed by atoms with Gasteiger partial charge in [-0.25, -0.2) is 8.42 Å². The van der Waals surface area contributed by atoms with E-state index in [4.69, 9.17) is 9.47 Å². The van der Waals surface area contributed by atoms with Crippen LogP contribution in [-0.4, -0.2) is 52.0 Å². The second kappa shape index (κ2) is 9.03. The Bertz CT molecular complexity index is 1140. The topological polar surface area (TPSA) is 76.2 Å². The molecule has 172 valence electrons. The number of fused-ring (bicyclic) bond motifs is 1. The maximum absolute atomic E-state index is 13.5. The standard InChI is InChI=1S/C23H27BrN2O5S/c1-15-11-17-12-18(24)6-8-20(17)26(15)23(27)16-5-4-10-25(14-16)32(28,29)19-7-9-21(30-2)22(13-19)31-3/h6-9,12-13,15-16H,4-5,10-11,14H2,1-3H3/t15-,16+/m1/s1. The summed E-state index contributed by atoms with van der Waals surface area (Å²) < 4.78 is 39.6. The van der Waals surface area contributed by atoms with Crippen molar-refractivity contribution in [1.82, 2.24) is 4.31 Å². The first kappa shape index (κ1) is 23.1. The summed E-state index contributed by atoms with van der Waals surface area (Å²) in [6, 6.07) is 10.6. The molecule has 9 heteroatoms. The predicted molar refractivity (Wildman–Crippen MR) is 126 cm³/mol. The summed E-state index contributed by atoms with van der Waals surface area (Å²) >= 11 is 3.50. The van der Waals surface area contributed by atoms with Crippen LogP contribution in [-0.2, 0) is 21.2 Å². The fraction of sp³-hybridized carbons (Fsp3) is 0.435. The molecule has 0 aromatic heterocycles. The van der Waals surface area contributed by atoms with Crippen LogP contribution in [0.2, 0.25) is 0 Å². The van der Waals surface area contributed by atoms with Crippen LogP contribution in [0.25, 0.3) is 0 Å². The molecule has 0 N–H and O–H groups in total. The number of rotatable bonds is 5. The van der Waals surface area contributed by atoms with Crippen LogP contribution >= 0.6 is 15.9 Å². The molecule has 0 unspecified atom stereocenters. The molecule has 2 aliphatic heterocycles. The van der Waals surface area contributed by atoms with E-state index in [0.717, 1.165) is 22.1 Å². The Balaban J connectivity index is 1.57. The molecule has 2 aliphatic rings. The van der Waals surface area contributed by atoms with E-state index in [0.29, 0.717) is 30.9 Å². The van der Waals surface area contributed by atoms with E-state index >= 15 is 0 Å². The van der Waals surface area contributed by atoms with E-state index in [9.17, 15) is 13.2 Å². The maximum Gasteiger partial charge on any atom is 0.243 e. The molecule has 0 bridgehead atoms. The van der Waals surface area contributed by atoms with Gasteiger partial charge in [0.1, 0.15) is 0 Å². The summed E-state index contributed by atoms with van der Waals surface area (Å²) in [7, 11) is -0.796. The zero-order valence-corrected chi connectivity index (χ0v) is 20.8. The number of carbonyl (C=O) groups is 1. The third kappa shape index (κ3) is 4.13. The summed E-state index contributed by atoms with van der Waals surface area (Å²) in [4.78, 5) is 15.5. The molecule has 4 rings (SSSR count). The van der Waals surface area contributed by atoms with Crippen molar-refractivity contribution in [1.29, 1.82) is 0 Å². The Labute approximate surface area is 197 Å².